The lowest BCUT2D eigenvalue weighted by atomic mass is 10.1. The summed E-state index contributed by atoms with van der Waals surface area (Å²) >= 11 is 0. The lowest BCUT2D eigenvalue weighted by molar-refractivity contribution is 0.324. The van der Waals surface area contributed by atoms with Gasteiger partial charge in [-0.25, -0.2) is 0 Å². The second-order valence-electron chi connectivity index (χ2n) is 3.75. The minimum atomic E-state index is 0.986. The largest absolute Gasteiger partial charge is 0.296 e. The Labute approximate surface area is 89.5 Å². The summed E-state index contributed by atoms with van der Waals surface area (Å²) in [5.41, 5.74) is 0. The zero-order chi connectivity index (χ0) is 10.6. The third-order valence-corrected chi connectivity index (χ3v) is 2.35. The first-order chi connectivity index (χ1) is 6.85. The van der Waals surface area contributed by atoms with Gasteiger partial charge < -0.3 is 0 Å². The summed E-state index contributed by atoms with van der Waals surface area (Å²) in [5.74, 6) is 0. The maximum Gasteiger partial charge on any atom is 0.0163 e. The highest BCUT2D eigenvalue weighted by Gasteiger charge is 1.99. The second kappa shape index (κ2) is 10.5. The average molecular weight is 195 g/mol. The molecule has 0 fully saturated rings. The number of hydrogen-bond acceptors (Lipinski definition) is 1. The zero-order valence-corrected chi connectivity index (χ0v) is 9.67. The summed E-state index contributed by atoms with van der Waals surface area (Å²) in [4.78, 5) is 2.38. The Bertz CT molecular complexity index is 130. The van der Waals surface area contributed by atoms with Crippen LogP contribution in [-0.4, -0.2) is 24.5 Å². The lowest BCUT2D eigenvalue weighted by Gasteiger charge is -2.18. The van der Waals surface area contributed by atoms with E-state index in [1.165, 1.54) is 38.6 Å². The van der Waals surface area contributed by atoms with Crippen LogP contribution < -0.4 is 0 Å². The molecular formula is C13H25N. The van der Waals surface area contributed by atoms with Gasteiger partial charge in [0.05, 0.1) is 0 Å². The monoisotopic (exact) mass is 195 g/mol. The van der Waals surface area contributed by atoms with E-state index < -0.39 is 0 Å². The predicted molar refractivity (Wildman–Crippen MR) is 65.6 cm³/mol. The predicted octanol–water partition coefficient (Wildman–Crippen LogP) is 3.63. The first kappa shape index (κ1) is 13.4. The smallest absolute Gasteiger partial charge is 0.0163 e. The molecule has 0 radical (unpaired) electrons. The van der Waals surface area contributed by atoms with E-state index in [9.17, 15) is 0 Å². The second-order valence-corrected chi connectivity index (χ2v) is 3.75. The lowest BCUT2D eigenvalue weighted by Crippen LogP contribution is -2.24. The maximum absolute atomic E-state index is 3.76. The fourth-order valence-electron chi connectivity index (χ4n) is 1.56. The Kier molecular flexibility index (Phi) is 10.1. The third-order valence-electron chi connectivity index (χ3n) is 2.35. The van der Waals surface area contributed by atoms with E-state index in [1.807, 2.05) is 12.2 Å². The molecule has 0 saturated heterocycles. The minimum absolute atomic E-state index is 0.986. The van der Waals surface area contributed by atoms with Gasteiger partial charge >= 0.3 is 0 Å². The molecule has 0 rings (SSSR count). The van der Waals surface area contributed by atoms with Gasteiger partial charge in [-0.2, -0.15) is 0 Å². The standard InChI is InChI=1S/C13H25N/c1-4-7-8-9-10-13-14(11-5-2)12-6-3/h5-6H,2-4,7-13H2,1H3. The maximum atomic E-state index is 3.76. The van der Waals surface area contributed by atoms with Crippen LogP contribution in [0.25, 0.3) is 0 Å². The zero-order valence-electron chi connectivity index (χ0n) is 9.67. The normalized spacial score (nSPS) is 10.4. The van der Waals surface area contributed by atoms with Crippen LogP contribution in [0.1, 0.15) is 39.0 Å². The van der Waals surface area contributed by atoms with Crippen molar-refractivity contribution in [1.82, 2.24) is 4.90 Å². The van der Waals surface area contributed by atoms with Gasteiger partial charge in [0, 0.05) is 13.1 Å². The molecule has 0 saturated carbocycles. The van der Waals surface area contributed by atoms with Crippen LogP contribution in [0.3, 0.4) is 0 Å². The Morgan fingerprint density at radius 3 is 2.00 bits per heavy atom. The molecule has 82 valence electrons. The van der Waals surface area contributed by atoms with Crippen LogP contribution in [0.5, 0.6) is 0 Å². The van der Waals surface area contributed by atoms with Crippen LogP contribution in [-0.2, 0) is 0 Å². The highest BCUT2D eigenvalue weighted by Crippen LogP contribution is 2.03. The molecule has 0 atom stereocenters. The van der Waals surface area contributed by atoms with Gasteiger partial charge in [-0.1, -0.05) is 44.8 Å². The molecule has 1 nitrogen and oxygen atoms in total. The number of rotatable bonds is 10. The van der Waals surface area contributed by atoms with Crippen LogP contribution in [0.4, 0.5) is 0 Å². The average Bonchev–Trinajstić information content (AvgIpc) is 2.18. The Morgan fingerprint density at radius 2 is 1.50 bits per heavy atom. The van der Waals surface area contributed by atoms with Gasteiger partial charge in [0.25, 0.3) is 0 Å². The van der Waals surface area contributed by atoms with Gasteiger partial charge in [0.15, 0.2) is 0 Å². The van der Waals surface area contributed by atoms with E-state index in [0.717, 1.165) is 13.1 Å². The van der Waals surface area contributed by atoms with E-state index in [4.69, 9.17) is 0 Å². The SMILES string of the molecule is C=CCN(CC=C)CCCCCCC. The highest BCUT2D eigenvalue weighted by atomic mass is 15.1. The van der Waals surface area contributed by atoms with Crippen LogP contribution >= 0.6 is 0 Å². The van der Waals surface area contributed by atoms with Crippen molar-refractivity contribution in [2.24, 2.45) is 0 Å². The van der Waals surface area contributed by atoms with Crippen LogP contribution in [0.15, 0.2) is 25.3 Å². The van der Waals surface area contributed by atoms with Crippen molar-refractivity contribution in [3.8, 4) is 0 Å². The van der Waals surface area contributed by atoms with Crippen molar-refractivity contribution < 1.29 is 0 Å². The van der Waals surface area contributed by atoms with Gasteiger partial charge in [0.2, 0.25) is 0 Å². The summed E-state index contributed by atoms with van der Waals surface area (Å²) in [5, 5.41) is 0. The first-order valence-corrected chi connectivity index (χ1v) is 5.79. The van der Waals surface area contributed by atoms with Crippen LogP contribution in [0.2, 0.25) is 0 Å². The molecule has 0 aliphatic carbocycles. The van der Waals surface area contributed by atoms with Crippen molar-refractivity contribution in [2.75, 3.05) is 19.6 Å². The topological polar surface area (TPSA) is 3.24 Å². The van der Waals surface area contributed by atoms with Gasteiger partial charge in [-0.15, -0.1) is 13.2 Å². The van der Waals surface area contributed by atoms with Crippen molar-refractivity contribution in [2.45, 2.75) is 39.0 Å². The summed E-state index contributed by atoms with van der Waals surface area (Å²) in [6.07, 6.45) is 10.7. The van der Waals surface area contributed by atoms with Crippen molar-refractivity contribution >= 4 is 0 Å². The summed E-state index contributed by atoms with van der Waals surface area (Å²) in [6.45, 7) is 12.9. The molecule has 0 bridgehead atoms. The molecule has 0 heterocycles. The molecule has 0 N–H and O–H groups in total. The van der Waals surface area contributed by atoms with Crippen molar-refractivity contribution in [3.63, 3.8) is 0 Å². The molecule has 0 aromatic carbocycles. The van der Waals surface area contributed by atoms with E-state index in [0.29, 0.717) is 0 Å². The summed E-state index contributed by atoms with van der Waals surface area (Å²) in [7, 11) is 0. The molecule has 14 heavy (non-hydrogen) atoms. The highest BCUT2D eigenvalue weighted by molar-refractivity contribution is 4.79. The third kappa shape index (κ3) is 8.06. The van der Waals surface area contributed by atoms with E-state index in [1.54, 1.807) is 0 Å². The van der Waals surface area contributed by atoms with Gasteiger partial charge in [-0.05, 0) is 13.0 Å². The minimum Gasteiger partial charge on any atom is -0.296 e. The molecule has 1 heteroatoms. The molecule has 0 aliphatic heterocycles. The first-order valence-electron chi connectivity index (χ1n) is 5.79. The fourth-order valence-corrected chi connectivity index (χ4v) is 1.56. The fraction of sp³-hybridized carbons (Fsp3) is 0.692. The molecule has 0 amide bonds. The summed E-state index contributed by atoms with van der Waals surface area (Å²) < 4.78 is 0. The van der Waals surface area contributed by atoms with Crippen molar-refractivity contribution in [3.05, 3.63) is 25.3 Å². The molecule has 0 unspecified atom stereocenters. The summed E-state index contributed by atoms with van der Waals surface area (Å²) in [6, 6.07) is 0. The molecule has 0 aromatic heterocycles. The number of hydrogen-bond donors (Lipinski definition) is 0. The number of nitrogens with zero attached hydrogens (tertiary/aromatic N) is 1. The molecular weight excluding hydrogens is 170 g/mol. The quantitative estimate of drug-likeness (QED) is 0.380. The van der Waals surface area contributed by atoms with E-state index >= 15 is 0 Å². The molecule has 0 aliphatic rings. The Balaban J connectivity index is 3.39. The van der Waals surface area contributed by atoms with Crippen molar-refractivity contribution in [1.29, 1.82) is 0 Å². The van der Waals surface area contributed by atoms with Gasteiger partial charge in [-0.3, -0.25) is 4.90 Å². The van der Waals surface area contributed by atoms with Gasteiger partial charge in [0.1, 0.15) is 0 Å². The van der Waals surface area contributed by atoms with Crippen LogP contribution in [0, 0.1) is 0 Å². The Morgan fingerprint density at radius 1 is 0.929 bits per heavy atom. The number of unbranched alkanes of at least 4 members (excludes halogenated alkanes) is 4. The molecule has 0 aromatic rings. The van der Waals surface area contributed by atoms with E-state index in [-0.39, 0.29) is 0 Å². The molecule has 0 spiro atoms. The Hall–Kier alpha value is -0.560. The van der Waals surface area contributed by atoms with E-state index in [2.05, 4.69) is 25.0 Å².